The van der Waals surface area contributed by atoms with Gasteiger partial charge in [0.1, 0.15) is 0 Å². The second kappa shape index (κ2) is 15.2. The maximum atomic E-state index is 5.60. The minimum Gasteiger partial charge on any atom is -0.305 e. The molecule has 12 aromatic rings. The van der Waals surface area contributed by atoms with Gasteiger partial charge in [-0.3, -0.25) is 9.88 Å². The Labute approximate surface area is 390 Å². The van der Waals surface area contributed by atoms with E-state index in [0.717, 1.165) is 65.8 Å². The minimum atomic E-state index is -0.337. The summed E-state index contributed by atoms with van der Waals surface area (Å²) in [7, 11) is 0. The molecule has 6 nitrogen and oxygen atoms in total. The van der Waals surface area contributed by atoms with Crippen LogP contribution in [0.3, 0.4) is 0 Å². The summed E-state index contributed by atoms with van der Waals surface area (Å²) in [5, 5.41) is 11.1. The molecule has 0 amide bonds. The third-order valence-corrected chi connectivity index (χ3v) is 14.9. The maximum Gasteiger partial charge on any atom is 0.235 e. The first-order valence-electron chi connectivity index (χ1n) is 22.9. The predicted molar refractivity (Wildman–Crippen MR) is 279 cm³/mol. The largest absolute Gasteiger partial charge is 0.305 e. The third kappa shape index (κ3) is 6.02. The van der Waals surface area contributed by atoms with E-state index in [0.29, 0.717) is 5.95 Å². The molecule has 2 aliphatic rings. The summed E-state index contributed by atoms with van der Waals surface area (Å²) in [5.41, 5.74) is 13.1. The summed E-state index contributed by atoms with van der Waals surface area (Å²) >= 11 is 1.75. The van der Waals surface area contributed by atoms with Gasteiger partial charge >= 0.3 is 0 Å². The Morgan fingerprint density at radius 1 is 0.507 bits per heavy atom. The molecule has 0 fully saturated rings. The molecule has 5 heterocycles. The lowest BCUT2D eigenvalue weighted by Gasteiger charge is -2.36. The lowest BCUT2D eigenvalue weighted by atomic mass is 9.85. The molecule has 67 heavy (non-hydrogen) atoms. The molecule has 0 bridgehead atoms. The normalized spacial score (nSPS) is 17.0. The molecule has 0 radical (unpaired) electrons. The molecule has 7 heteroatoms. The van der Waals surface area contributed by atoms with Gasteiger partial charge in [0.05, 0.1) is 43.7 Å². The summed E-state index contributed by atoms with van der Waals surface area (Å²) < 4.78 is 5.78. The van der Waals surface area contributed by atoms with Crippen molar-refractivity contribution >= 4 is 81.6 Å². The van der Waals surface area contributed by atoms with E-state index >= 15 is 0 Å². The Bertz CT molecular complexity index is 4030. The van der Waals surface area contributed by atoms with Gasteiger partial charge in [-0.1, -0.05) is 188 Å². The molecule has 0 spiro atoms. The SMILES string of the molecule is C1=CC2NC(n3c4ccc(-c5cccc6c5c5ccccc5n6-c5nc(-c6ccccc6)c6sc(-c7ccccc7)cc6n5)cc4c4ccc5ccccc5c43)N=C(c3ccccc3)C2C=C1. The highest BCUT2D eigenvalue weighted by Crippen LogP contribution is 2.44. The topological polar surface area (TPSA) is 60.0 Å². The number of fused-ring (bicyclic) bond motifs is 10. The van der Waals surface area contributed by atoms with Gasteiger partial charge in [0.25, 0.3) is 0 Å². The molecule has 3 unspecified atom stereocenters. The first-order valence-corrected chi connectivity index (χ1v) is 23.7. The summed E-state index contributed by atoms with van der Waals surface area (Å²) in [6.45, 7) is 0. The molecule has 0 saturated heterocycles. The van der Waals surface area contributed by atoms with Gasteiger partial charge < -0.3 is 4.57 Å². The fourth-order valence-corrected chi connectivity index (χ4v) is 11.8. The number of aliphatic imine (C=N–C) groups is 1. The summed E-state index contributed by atoms with van der Waals surface area (Å²) in [6.07, 6.45) is 8.52. The van der Waals surface area contributed by atoms with Crippen LogP contribution in [0.5, 0.6) is 0 Å². The minimum absolute atomic E-state index is 0.0958. The summed E-state index contributed by atoms with van der Waals surface area (Å²) in [6, 6.07) is 69.7. The lowest BCUT2D eigenvalue weighted by Crippen LogP contribution is -2.46. The van der Waals surface area contributed by atoms with Gasteiger partial charge in [-0.05, 0) is 58.0 Å². The van der Waals surface area contributed by atoms with E-state index in [9.17, 15) is 0 Å². The fraction of sp³-hybridized carbons (Fsp3) is 0.0500. The number of allylic oxidation sites excluding steroid dienone is 2. The Morgan fingerprint density at radius 3 is 2.06 bits per heavy atom. The monoisotopic (exact) mass is 876 g/mol. The van der Waals surface area contributed by atoms with Crippen molar-refractivity contribution in [1.82, 2.24) is 24.4 Å². The van der Waals surface area contributed by atoms with Crippen LogP contribution in [0.2, 0.25) is 0 Å². The van der Waals surface area contributed by atoms with Crippen molar-refractivity contribution in [2.24, 2.45) is 10.9 Å². The van der Waals surface area contributed by atoms with Gasteiger partial charge in [0.15, 0.2) is 6.29 Å². The zero-order valence-electron chi connectivity index (χ0n) is 36.2. The molecule has 14 rings (SSSR count). The average Bonchev–Trinajstić information content (AvgIpc) is 4.09. The number of hydrogen-bond acceptors (Lipinski definition) is 5. The molecular formula is C60H40N6S. The molecule has 0 saturated carbocycles. The second-order valence-electron chi connectivity index (χ2n) is 17.5. The number of thiophene rings is 1. The van der Waals surface area contributed by atoms with Crippen LogP contribution in [-0.2, 0) is 0 Å². The van der Waals surface area contributed by atoms with Crippen molar-refractivity contribution in [1.29, 1.82) is 0 Å². The molecule has 316 valence electrons. The average molecular weight is 877 g/mol. The summed E-state index contributed by atoms with van der Waals surface area (Å²) in [4.78, 5) is 17.6. The van der Waals surface area contributed by atoms with E-state index < -0.39 is 0 Å². The Balaban J connectivity index is 0.985. The van der Waals surface area contributed by atoms with Crippen LogP contribution in [0.4, 0.5) is 0 Å². The first-order chi connectivity index (χ1) is 33.2. The molecule has 1 N–H and O–H groups in total. The van der Waals surface area contributed by atoms with Crippen molar-refractivity contribution in [2.45, 2.75) is 12.3 Å². The van der Waals surface area contributed by atoms with Crippen LogP contribution in [0, 0.1) is 5.92 Å². The number of hydrogen-bond donors (Lipinski definition) is 1. The van der Waals surface area contributed by atoms with E-state index in [1.54, 1.807) is 11.3 Å². The van der Waals surface area contributed by atoms with Crippen LogP contribution in [-0.4, -0.2) is 30.9 Å². The van der Waals surface area contributed by atoms with E-state index in [1.165, 1.54) is 42.9 Å². The Kier molecular flexibility index (Phi) is 8.62. The predicted octanol–water partition coefficient (Wildman–Crippen LogP) is 14.7. The standard InChI is InChI=1S/C60H40N6S/c1-4-18-38(19-5-1)53-36-49-58(67-53)56(40-22-8-3-9-23-40)64-59(62-49)65-50-29-15-13-26-46(50)54-42(27-16-30-52(54)65)41-32-34-51-47(35-41)44-33-31-37-17-10-11-24-43(37)57(44)66(51)60-61-48-28-14-12-25-45(48)55(63-60)39-20-6-2-7-21-39/h1-36,45,48,60-61H. The van der Waals surface area contributed by atoms with Crippen LogP contribution in [0.25, 0.3) is 103 Å². The molecule has 3 atom stereocenters. The molecule has 1 aliphatic heterocycles. The van der Waals surface area contributed by atoms with Crippen molar-refractivity contribution in [3.05, 3.63) is 224 Å². The number of rotatable bonds is 6. The van der Waals surface area contributed by atoms with E-state index in [1.807, 2.05) is 0 Å². The highest BCUT2D eigenvalue weighted by molar-refractivity contribution is 7.22. The number of nitrogens with one attached hydrogen (secondary N) is 1. The van der Waals surface area contributed by atoms with Crippen LogP contribution < -0.4 is 5.32 Å². The summed E-state index contributed by atoms with van der Waals surface area (Å²) in [5.74, 6) is 0.787. The smallest absolute Gasteiger partial charge is 0.235 e. The highest BCUT2D eigenvalue weighted by Gasteiger charge is 2.34. The highest BCUT2D eigenvalue weighted by atomic mass is 32.1. The van der Waals surface area contributed by atoms with Gasteiger partial charge in [-0.15, -0.1) is 11.3 Å². The van der Waals surface area contributed by atoms with Crippen LogP contribution in [0.1, 0.15) is 11.9 Å². The lowest BCUT2D eigenvalue weighted by molar-refractivity contribution is 0.365. The van der Waals surface area contributed by atoms with Gasteiger partial charge in [0, 0.05) is 49.3 Å². The molecule has 8 aromatic carbocycles. The number of para-hydroxylation sites is 1. The zero-order chi connectivity index (χ0) is 44.0. The quantitative estimate of drug-likeness (QED) is 0.181. The zero-order valence-corrected chi connectivity index (χ0v) is 37.0. The number of aromatic nitrogens is 4. The fourth-order valence-electron chi connectivity index (χ4n) is 10.7. The number of nitrogens with zero attached hydrogens (tertiary/aromatic N) is 5. The van der Waals surface area contributed by atoms with Crippen molar-refractivity contribution in [3.8, 4) is 38.8 Å². The van der Waals surface area contributed by atoms with Gasteiger partial charge in [-0.2, -0.15) is 0 Å². The molecular weight excluding hydrogens is 837 g/mol. The van der Waals surface area contributed by atoms with E-state index in [2.05, 4.69) is 233 Å². The van der Waals surface area contributed by atoms with Crippen molar-refractivity contribution in [2.75, 3.05) is 0 Å². The second-order valence-corrected chi connectivity index (χ2v) is 18.6. The first kappa shape index (κ1) is 38.1. The van der Waals surface area contributed by atoms with Crippen molar-refractivity contribution < 1.29 is 0 Å². The Morgan fingerprint density at radius 2 is 1.22 bits per heavy atom. The maximum absolute atomic E-state index is 5.60. The van der Waals surface area contributed by atoms with Crippen LogP contribution >= 0.6 is 11.3 Å². The Hall–Kier alpha value is -8.23. The van der Waals surface area contributed by atoms with Crippen LogP contribution in [0.15, 0.2) is 223 Å². The van der Waals surface area contributed by atoms with E-state index in [-0.39, 0.29) is 18.2 Å². The van der Waals surface area contributed by atoms with Crippen molar-refractivity contribution in [3.63, 3.8) is 0 Å². The van der Waals surface area contributed by atoms with E-state index in [4.69, 9.17) is 15.0 Å². The number of benzene rings is 8. The third-order valence-electron chi connectivity index (χ3n) is 13.7. The molecule has 1 aliphatic carbocycles. The van der Waals surface area contributed by atoms with Gasteiger partial charge in [-0.25, -0.2) is 15.0 Å². The van der Waals surface area contributed by atoms with Gasteiger partial charge in [0.2, 0.25) is 5.95 Å². The molecule has 4 aromatic heterocycles.